The lowest BCUT2D eigenvalue weighted by atomic mass is 10.1. The zero-order chi connectivity index (χ0) is 22.5. The monoisotopic (exact) mass is 462 g/mol. The third-order valence-electron chi connectivity index (χ3n) is 5.47. The molecule has 1 aliphatic heterocycles. The van der Waals surface area contributed by atoms with Gasteiger partial charge in [-0.2, -0.15) is 0 Å². The van der Waals surface area contributed by atoms with Crippen LogP contribution in [0.25, 0.3) is 0 Å². The SMILES string of the molecule is CCN1C(=S)SC(c2cccc(OC)c2OC)N(CC)C1c1cccc(OC)c1OC. The molecule has 1 heterocycles. The number of nitrogens with zero attached hydrogens (tertiary/aromatic N) is 2. The van der Waals surface area contributed by atoms with E-state index in [-0.39, 0.29) is 11.5 Å². The van der Waals surface area contributed by atoms with E-state index in [0.717, 1.165) is 40.0 Å². The second kappa shape index (κ2) is 10.4. The van der Waals surface area contributed by atoms with E-state index in [1.165, 1.54) is 0 Å². The molecule has 0 bridgehead atoms. The smallest absolute Gasteiger partial charge is 0.167 e. The molecule has 6 nitrogen and oxygen atoms in total. The summed E-state index contributed by atoms with van der Waals surface area (Å²) >= 11 is 7.53. The van der Waals surface area contributed by atoms with Crippen molar-refractivity contribution in [3.05, 3.63) is 47.5 Å². The lowest BCUT2D eigenvalue weighted by molar-refractivity contribution is 0.0816. The molecule has 0 N–H and O–H groups in total. The van der Waals surface area contributed by atoms with Gasteiger partial charge in [0.05, 0.1) is 33.8 Å². The van der Waals surface area contributed by atoms with Crippen LogP contribution < -0.4 is 18.9 Å². The Hall–Kier alpha value is -2.16. The molecular weight excluding hydrogens is 432 g/mol. The second-order valence-electron chi connectivity index (χ2n) is 6.89. The maximum atomic E-state index is 5.88. The summed E-state index contributed by atoms with van der Waals surface area (Å²) in [6.07, 6.45) is -0.116. The maximum absolute atomic E-state index is 5.88. The maximum Gasteiger partial charge on any atom is 0.167 e. The molecule has 168 valence electrons. The van der Waals surface area contributed by atoms with E-state index in [1.54, 1.807) is 40.2 Å². The van der Waals surface area contributed by atoms with Gasteiger partial charge in [0, 0.05) is 17.7 Å². The molecule has 2 atom stereocenters. The quantitative estimate of drug-likeness (QED) is 0.503. The summed E-state index contributed by atoms with van der Waals surface area (Å²) < 4.78 is 23.5. The van der Waals surface area contributed by atoms with Crippen LogP contribution in [0.3, 0.4) is 0 Å². The summed E-state index contributed by atoms with van der Waals surface area (Å²) in [4.78, 5) is 4.63. The van der Waals surface area contributed by atoms with Gasteiger partial charge >= 0.3 is 0 Å². The summed E-state index contributed by atoms with van der Waals surface area (Å²) in [5, 5.41) is -0.0498. The molecule has 8 heteroatoms. The zero-order valence-corrected chi connectivity index (χ0v) is 20.5. The first kappa shape index (κ1) is 23.5. The van der Waals surface area contributed by atoms with Crippen molar-refractivity contribution in [2.75, 3.05) is 41.5 Å². The molecule has 0 saturated carbocycles. The van der Waals surface area contributed by atoms with Crippen molar-refractivity contribution in [1.82, 2.24) is 9.80 Å². The lowest BCUT2D eigenvalue weighted by Gasteiger charge is -2.49. The second-order valence-corrected chi connectivity index (χ2v) is 8.61. The van der Waals surface area contributed by atoms with Crippen LogP contribution in [0.1, 0.15) is 36.5 Å². The fourth-order valence-electron chi connectivity index (χ4n) is 4.09. The lowest BCUT2D eigenvalue weighted by Crippen LogP contribution is -2.49. The van der Waals surface area contributed by atoms with Crippen molar-refractivity contribution >= 4 is 28.3 Å². The number of para-hydroxylation sites is 2. The number of thioether (sulfide) groups is 1. The van der Waals surface area contributed by atoms with Crippen LogP contribution in [0.5, 0.6) is 23.0 Å². The van der Waals surface area contributed by atoms with Crippen molar-refractivity contribution in [3.8, 4) is 23.0 Å². The number of rotatable bonds is 8. The number of thiocarbonyl (C=S) groups is 1. The van der Waals surface area contributed by atoms with E-state index in [1.807, 2.05) is 24.3 Å². The highest BCUT2D eigenvalue weighted by molar-refractivity contribution is 8.23. The standard InChI is InChI=1S/C23H30N2O4S2/c1-7-24-21(15-11-9-13-17(26-3)19(15)28-5)25(8-2)23(30)31-22(24)16-12-10-14-18(27-4)20(16)29-6/h9-14,21-22H,7-8H2,1-6H3. The molecule has 0 aliphatic carbocycles. The minimum absolute atomic E-state index is 0.0498. The molecule has 3 rings (SSSR count). The van der Waals surface area contributed by atoms with Gasteiger partial charge in [-0.25, -0.2) is 0 Å². The Morgan fingerprint density at radius 1 is 0.806 bits per heavy atom. The minimum Gasteiger partial charge on any atom is -0.493 e. The third kappa shape index (κ3) is 4.29. The molecule has 0 spiro atoms. The molecule has 0 amide bonds. The van der Waals surface area contributed by atoms with Gasteiger partial charge in [0.25, 0.3) is 0 Å². The Morgan fingerprint density at radius 2 is 1.35 bits per heavy atom. The fraction of sp³-hybridized carbons (Fsp3) is 0.435. The molecule has 2 aromatic rings. The highest BCUT2D eigenvalue weighted by Gasteiger charge is 2.42. The van der Waals surface area contributed by atoms with Gasteiger partial charge in [-0.15, -0.1) is 0 Å². The number of methoxy groups -OCH3 is 4. The van der Waals surface area contributed by atoms with E-state index in [0.29, 0.717) is 11.5 Å². The number of ether oxygens (including phenoxy) is 4. The average Bonchev–Trinajstić information content (AvgIpc) is 2.81. The Bertz CT molecular complexity index is 924. The number of benzene rings is 2. The number of hydrogen-bond acceptors (Lipinski definition) is 7. The van der Waals surface area contributed by atoms with Crippen molar-refractivity contribution in [2.24, 2.45) is 0 Å². The molecule has 31 heavy (non-hydrogen) atoms. The van der Waals surface area contributed by atoms with Crippen molar-refractivity contribution in [3.63, 3.8) is 0 Å². The largest absolute Gasteiger partial charge is 0.493 e. The predicted molar refractivity (Wildman–Crippen MR) is 130 cm³/mol. The summed E-state index contributed by atoms with van der Waals surface area (Å²) in [6, 6.07) is 12.0. The molecule has 1 fully saturated rings. The van der Waals surface area contributed by atoms with Gasteiger partial charge < -0.3 is 23.8 Å². The van der Waals surface area contributed by atoms with Crippen LogP contribution in [0.2, 0.25) is 0 Å². The van der Waals surface area contributed by atoms with Crippen LogP contribution in [0, 0.1) is 0 Å². The van der Waals surface area contributed by atoms with Crippen LogP contribution in [-0.2, 0) is 0 Å². The van der Waals surface area contributed by atoms with Crippen molar-refractivity contribution in [1.29, 1.82) is 0 Å². The Balaban J connectivity index is 2.19. The first-order chi connectivity index (χ1) is 15.1. The summed E-state index contributed by atoms with van der Waals surface area (Å²) in [7, 11) is 6.65. The minimum atomic E-state index is -0.116. The Morgan fingerprint density at radius 3 is 1.84 bits per heavy atom. The van der Waals surface area contributed by atoms with Gasteiger partial charge in [-0.05, 0) is 25.6 Å². The Kier molecular flexibility index (Phi) is 7.91. The molecule has 0 aromatic heterocycles. The van der Waals surface area contributed by atoms with E-state index < -0.39 is 0 Å². The molecule has 1 aliphatic rings. The predicted octanol–water partition coefficient (Wildman–Crippen LogP) is 5.09. The highest BCUT2D eigenvalue weighted by Crippen LogP contribution is 2.52. The van der Waals surface area contributed by atoms with Crippen molar-refractivity contribution < 1.29 is 18.9 Å². The van der Waals surface area contributed by atoms with Gasteiger partial charge in [-0.3, -0.25) is 4.90 Å². The van der Waals surface area contributed by atoms with E-state index in [9.17, 15) is 0 Å². The number of hydrogen-bond donors (Lipinski definition) is 0. The topological polar surface area (TPSA) is 43.4 Å². The van der Waals surface area contributed by atoms with Gasteiger partial charge in [-0.1, -0.05) is 55.2 Å². The van der Waals surface area contributed by atoms with Crippen LogP contribution >= 0.6 is 24.0 Å². The first-order valence-electron chi connectivity index (χ1n) is 10.2. The molecule has 1 saturated heterocycles. The van der Waals surface area contributed by atoms with E-state index in [4.69, 9.17) is 31.2 Å². The van der Waals surface area contributed by atoms with Crippen LogP contribution in [0.15, 0.2) is 36.4 Å². The van der Waals surface area contributed by atoms with Gasteiger partial charge in [0.1, 0.15) is 10.5 Å². The van der Waals surface area contributed by atoms with Crippen LogP contribution in [-0.4, -0.2) is 55.6 Å². The van der Waals surface area contributed by atoms with E-state index in [2.05, 4.69) is 35.8 Å². The summed E-state index contributed by atoms with van der Waals surface area (Å²) in [6.45, 7) is 5.84. The Labute approximate surface area is 194 Å². The highest BCUT2D eigenvalue weighted by atomic mass is 32.2. The van der Waals surface area contributed by atoms with Gasteiger partial charge in [0.2, 0.25) is 0 Å². The summed E-state index contributed by atoms with van der Waals surface area (Å²) in [5.41, 5.74) is 2.04. The fourth-order valence-corrected chi connectivity index (χ4v) is 5.86. The van der Waals surface area contributed by atoms with Crippen molar-refractivity contribution in [2.45, 2.75) is 25.4 Å². The normalized spacial score (nSPS) is 19.3. The molecule has 0 radical (unpaired) electrons. The van der Waals surface area contributed by atoms with E-state index >= 15 is 0 Å². The first-order valence-corrected chi connectivity index (χ1v) is 11.5. The average molecular weight is 463 g/mol. The van der Waals surface area contributed by atoms with Crippen LogP contribution in [0.4, 0.5) is 0 Å². The van der Waals surface area contributed by atoms with Gasteiger partial charge in [0.15, 0.2) is 23.0 Å². The molecular formula is C23H30N2O4S2. The third-order valence-corrected chi connectivity index (χ3v) is 7.18. The summed E-state index contributed by atoms with van der Waals surface area (Å²) in [5.74, 6) is 2.85. The molecule has 2 unspecified atom stereocenters. The molecule has 2 aromatic carbocycles. The zero-order valence-electron chi connectivity index (χ0n) is 18.9.